The molecule has 1 atom stereocenters. The number of imidazole rings is 1. The monoisotopic (exact) mass is 291 g/mol. The zero-order valence-electron chi connectivity index (χ0n) is 11.3. The second-order valence-corrected chi connectivity index (χ2v) is 4.76. The molecule has 0 spiro atoms. The number of H-pyrrole nitrogens is 1. The van der Waals surface area contributed by atoms with Crippen LogP contribution in [0.3, 0.4) is 0 Å². The van der Waals surface area contributed by atoms with Crippen molar-refractivity contribution in [2.45, 2.75) is 18.9 Å². The van der Waals surface area contributed by atoms with E-state index >= 15 is 0 Å². The number of hydrogen-bond acceptors (Lipinski definition) is 6. The Labute approximate surface area is 119 Å². The second kappa shape index (κ2) is 5.13. The Hall–Kier alpha value is -2.48. The highest BCUT2D eigenvalue weighted by molar-refractivity contribution is 6.03. The first-order chi connectivity index (χ1) is 10.1. The molecule has 0 bridgehead atoms. The maximum atomic E-state index is 11.8. The zero-order valence-corrected chi connectivity index (χ0v) is 11.3. The number of nitro groups is 1. The summed E-state index contributed by atoms with van der Waals surface area (Å²) in [5.74, 6) is -0.0813. The van der Waals surface area contributed by atoms with Gasteiger partial charge >= 0.3 is 5.97 Å². The molecule has 21 heavy (non-hydrogen) atoms. The van der Waals surface area contributed by atoms with Crippen LogP contribution in [-0.2, 0) is 9.47 Å². The van der Waals surface area contributed by atoms with E-state index < -0.39 is 10.9 Å². The van der Waals surface area contributed by atoms with Crippen molar-refractivity contribution in [1.29, 1.82) is 0 Å². The Morgan fingerprint density at radius 3 is 3.00 bits per heavy atom. The number of ether oxygens (including phenoxy) is 2. The van der Waals surface area contributed by atoms with Crippen molar-refractivity contribution in [3.63, 3.8) is 0 Å². The van der Waals surface area contributed by atoms with Crippen LogP contribution in [0.4, 0.5) is 5.69 Å². The van der Waals surface area contributed by atoms with Gasteiger partial charge in [0.1, 0.15) is 17.4 Å². The second-order valence-electron chi connectivity index (χ2n) is 4.76. The molecule has 110 valence electrons. The number of aromatic amines is 1. The zero-order chi connectivity index (χ0) is 15.0. The van der Waals surface area contributed by atoms with E-state index in [-0.39, 0.29) is 17.4 Å². The number of aromatic nitrogens is 2. The van der Waals surface area contributed by atoms with Crippen LogP contribution < -0.4 is 0 Å². The molecule has 0 aliphatic carbocycles. The van der Waals surface area contributed by atoms with Gasteiger partial charge < -0.3 is 14.5 Å². The molecule has 8 nitrogen and oxygen atoms in total. The number of fused-ring (bicyclic) bond motifs is 1. The van der Waals surface area contributed by atoms with Crippen LogP contribution in [0.1, 0.15) is 35.1 Å². The van der Waals surface area contributed by atoms with Crippen molar-refractivity contribution in [2.24, 2.45) is 0 Å². The summed E-state index contributed by atoms with van der Waals surface area (Å²) in [6.45, 7) is 0.658. The van der Waals surface area contributed by atoms with Gasteiger partial charge in [0.25, 0.3) is 5.69 Å². The molecule has 8 heteroatoms. The number of nitro benzene ring substituents is 1. The number of hydrogen-bond donors (Lipinski definition) is 1. The third-order valence-electron chi connectivity index (χ3n) is 3.44. The molecule has 2 heterocycles. The molecule has 1 aromatic carbocycles. The average molecular weight is 291 g/mol. The fourth-order valence-electron chi connectivity index (χ4n) is 2.44. The van der Waals surface area contributed by atoms with Gasteiger partial charge in [-0.05, 0) is 12.8 Å². The van der Waals surface area contributed by atoms with Crippen LogP contribution in [0.2, 0.25) is 0 Å². The number of nitrogens with zero attached hydrogens (tertiary/aromatic N) is 2. The van der Waals surface area contributed by atoms with E-state index in [1.807, 2.05) is 0 Å². The lowest BCUT2D eigenvalue weighted by Crippen LogP contribution is -2.03. The lowest BCUT2D eigenvalue weighted by molar-refractivity contribution is -0.384. The molecular formula is C13H13N3O5. The van der Waals surface area contributed by atoms with Crippen LogP contribution in [0.5, 0.6) is 0 Å². The predicted octanol–water partition coefficient (Wildman–Crippen LogP) is 2.11. The molecule has 2 aromatic rings. The molecular weight excluding hydrogens is 278 g/mol. The van der Waals surface area contributed by atoms with Crippen LogP contribution in [-0.4, -0.2) is 34.6 Å². The quantitative estimate of drug-likeness (QED) is 0.527. The summed E-state index contributed by atoms with van der Waals surface area (Å²) in [5, 5.41) is 11.0. The highest BCUT2D eigenvalue weighted by Crippen LogP contribution is 2.30. The number of rotatable bonds is 3. The summed E-state index contributed by atoms with van der Waals surface area (Å²) in [6, 6.07) is 2.53. The maximum Gasteiger partial charge on any atom is 0.340 e. The van der Waals surface area contributed by atoms with Gasteiger partial charge in [0.05, 0.1) is 23.1 Å². The number of methoxy groups -OCH3 is 1. The molecule has 1 aliphatic heterocycles. The van der Waals surface area contributed by atoms with E-state index in [9.17, 15) is 14.9 Å². The van der Waals surface area contributed by atoms with E-state index in [0.717, 1.165) is 12.8 Å². The van der Waals surface area contributed by atoms with Gasteiger partial charge in [0.15, 0.2) is 0 Å². The first kappa shape index (κ1) is 13.5. The maximum absolute atomic E-state index is 11.8. The Kier molecular flexibility index (Phi) is 3.30. The van der Waals surface area contributed by atoms with Crippen molar-refractivity contribution >= 4 is 22.7 Å². The molecule has 0 amide bonds. The van der Waals surface area contributed by atoms with Gasteiger partial charge in [-0.1, -0.05) is 0 Å². The van der Waals surface area contributed by atoms with Gasteiger partial charge in [-0.25, -0.2) is 9.78 Å². The van der Waals surface area contributed by atoms with Crippen molar-refractivity contribution in [2.75, 3.05) is 13.7 Å². The van der Waals surface area contributed by atoms with Crippen LogP contribution in [0.15, 0.2) is 12.1 Å². The normalized spacial score (nSPS) is 18.0. The first-order valence-corrected chi connectivity index (χ1v) is 6.48. The number of non-ortho nitro benzene ring substituents is 1. The molecule has 1 N–H and O–H groups in total. The minimum atomic E-state index is -0.658. The van der Waals surface area contributed by atoms with Gasteiger partial charge in [-0.2, -0.15) is 0 Å². The third kappa shape index (κ3) is 2.33. The van der Waals surface area contributed by atoms with Gasteiger partial charge in [-0.15, -0.1) is 0 Å². The highest BCUT2D eigenvalue weighted by atomic mass is 16.6. The van der Waals surface area contributed by atoms with E-state index in [4.69, 9.17) is 4.74 Å². The Morgan fingerprint density at radius 2 is 2.38 bits per heavy atom. The van der Waals surface area contributed by atoms with Crippen LogP contribution >= 0.6 is 0 Å². The molecule has 3 rings (SSSR count). The molecule has 0 saturated carbocycles. The largest absolute Gasteiger partial charge is 0.465 e. The standard InChI is InChI=1S/C13H13N3O5/c1-20-13(17)8-5-7(16(18)19)6-9-11(8)15-12(14-9)10-3-2-4-21-10/h5-6,10H,2-4H2,1H3,(H,14,15)/t10-/m1/s1. The summed E-state index contributed by atoms with van der Waals surface area (Å²) >= 11 is 0. The summed E-state index contributed by atoms with van der Waals surface area (Å²) < 4.78 is 10.2. The summed E-state index contributed by atoms with van der Waals surface area (Å²) in [4.78, 5) is 29.6. The van der Waals surface area contributed by atoms with Crippen molar-refractivity contribution < 1.29 is 19.2 Å². The van der Waals surface area contributed by atoms with Crippen molar-refractivity contribution in [1.82, 2.24) is 9.97 Å². The number of carbonyl (C=O) groups excluding carboxylic acids is 1. The Morgan fingerprint density at radius 1 is 1.57 bits per heavy atom. The average Bonchev–Trinajstić information content (AvgIpc) is 3.13. The molecule has 0 radical (unpaired) electrons. The Bertz CT molecular complexity index is 718. The molecule has 1 fully saturated rings. The molecule has 1 aliphatic rings. The summed E-state index contributed by atoms with van der Waals surface area (Å²) in [6.07, 6.45) is 1.60. The lowest BCUT2D eigenvalue weighted by atomic mass is 10.1. The minimum absolute atomic E-state index is 0.0715. The molecule has 1 aromatic heterocycles. The minimum Gasteiger partial charge on any atom is -0.465 e. The third-order valence-corrected chi connectivity index (χ3v) is 3.44. The van der Waals surface area contributed by atoms with Crippen molar-refractivity contribution in [3.05, 3.63) is 33.6 Å². The van der Waals surface area contributed by atoms with Gasteiger partial charge in [-0.3, -0.25) is 10.1 Å². The van der Waals surface area contributed by atoms with Crippen molar-refractivity contribution in [3.8, 4) is 0 Å². The number of benzene rings is 1. The van der Waals surface area contributed by atoms with E-state index in [0.29, 0.717) is 23.5 Å². The number of esters is 1. The molecule has 1 saturated heterocycles. The number of nitrogens with one attached hydrogen (secondary N) is 1. The van der Waals surface area contributed by atoms with Crippen LogP contribution in [0.25, 0.3) is 11.0 Å². The smallest absolute Gasteiger partial charge is 0.340 e. The van der Waals surface area contributed by atoms with E-state index in [1.165, 1.54) is 19.2 Å². The summed E-state index contributed by atoms with van der Waals surface area (Å²) in [5.41, 5.74) is 0.667. The van der Waals surface area contributed by atoms with E-state index in [2.05, 4.69) is 14.7 Å². The fraction of sp³-hybridized carbons (Fsp3) is 0.385. The topological polar surface area (TPSA) is 107 Å². The predicted molar refractivity (Wildman–Crippen MR) is 72.0 cm³/mol. The fourth-order valence-corrected chi connectivity index (χ4v) is 2.44. The highest BCUT2D eigenvalue weighted by Gasteiger charge is 2.25. The first-order valence-electron chi connectivity index (χ1n) is 6.48. The van der Waals surface area contributed by atoms with Crippen LogP contribution in [0, 0.1) is 10.1 Å². The molecule has 0 unspecified atom stereocenters. The summed E-state index contributed by atoms with van der Waals surface area (Å²) in [7, 11) is 1.22. The van der Waals surface area contributed by atoms with Gasteiger partial charge in [0, 0.05) is 18.7 Å². The SMILES string of the molecule is COC(=O)c1cc([N+](=O)[O-])cc2[nH]c([C@H]3CCCO3)nc12. The lowest BCUT2D eigenvalue weighted by Gasteiger charge is -2.03. The van der Waals surface area contributed by atoms with E-state index in [1.54, 1.807) is 0 Å². The number of carbonyl (C=O) groups is 1. The Balaban J connectivity index is 2.16. The van der Waals surface area contributed by atoms with Gasteiger partial charge in [0.2, 0.25) is 0 Å².